The first-order valence-corrected chi connectivity index (χ1v) is 4.01. The lowest BCUT2D eigenvalue weighted by Crippen LogP contribution is -1.96. The Labute approximate surface area is 49.1 Å². The molecule has 0 aromatic carbocycles. The van der Waals surface area contributed by atoms with E-state index in [-0.39, 0.29) is 0 Å². The molecule has 0 aromatic rings. The summed E-state index contributed by atoms with van der Waals surface area (Å²) in [5.74, 6) is 0. The van der Waals surface area contributed by atoms with Gasteiger partial charge in [-0.2, -0.15) is 0 Å². The third kappa shape index (κ3) is 5.49. The molecule has 0 radical (unpaired) electrons. The lowest BCUT2D eigenvalue weighted by atomic mass is 10.6. The van der Waals surface area contributed by atoms with Gasteiger partial charge < -0.3 is 5.73 Å². The predicted octanol–water partition coefficient (Wildman–Crippen LogP) is -0.149. The second-order valence-electron chi connectivity index (χ2n) is 1.69. The zero-order valence-electron chi connectivity index (χ0n) is 4.88. The number of hydrogen-bond acceptors (Lipinski definition) is 3. The number of hydrogen-bond donors (Lipinski definition) is 1. The summed E-state index contributed by atoms with van der Waals surface area (Å²) in [7, 11) is -3.01. The molecule has 4 heteroatoms. The average molecular weight is 135 g/mol. The number of allylic oxidation sites excluding steroid dienone is 1. The smallest absolute Gasteiger partial charge is 0.170 e. The summed E-state index contributed by atoms with van der Waals surface area (Å²) in [5, 5.41) is 1.02. The van der Waals surface area contributed by atoms with Crippen molar-refractivity contribution in [3.63, 3.8) is 0 Å². The van der Waals surface area contributed by atoms with Crippen LogP contribution in [0.25, 0.3) is 0 Å². The summed E-state index contributed by atoms with van der Waals surface area (Å²) < 4.78 is 20.6. The molecule has 0 aliphatic heterocycles. The lowest BCUT2D eigenvalue weighted by Gasteiger charge is -1.86. The molecule has 48 valence electrons. The Bertz CT molecular complexity index is 186. The lowest BCUT2D eigenvalue weighted by molar-refractivity contribution is 0.610. The first-order valence-electron chi connectivity index (χ1n) is 2.05. The Kier molecular flexibility index (Phi) is 2.03. The Balaban J connectivity index is 4.36. The summed E-state index contributed by atoms with van der Waals surface area (Å²) in [5.41, 5.74) is 5.37. The van der Waals surface area contributed by atoms with Gasteiger partial charge in [-0.05, 0) is 6.92 Å². The normalized spacial score (nSPS) is 14.0. The van der Waals surface area contributed by atoms with E-state index in [0.717, 1.165) is 11.7 Å². The van der Waals surface area contributed by atoms with Crippen LogP contribution in [0.15, 0.2) is 11.1 Å². The Morgan fingerprint density at radius 3 is 2.00 bits per heavy atom. The minimum absolute atomic E-state index is 0.313. The van der Waals surface area contributed by atoms with E-state index < -0.39 is 9.84 Å². The van der Waals surface area contributed by atoms with Crippen molar-refractivity contribution in [2.24, 2.45) is 5.73 Å². The van der Waals surface area contributed by atoms with Gasteiger partial charge in [-0.1, -0.05) is 0 Å². The molecule has 0 heterocycles. The van der Waals surface area contributed by atoms with Gasteiger partial charge in [0.25, 0.3) is 0 Å². The van der Waals surface area contributed by atoms with Gasteiger partial charge in [-0.25, -0.2) is 8.42 Å². The number of sulfone groups is 1. The zero-order valence-corrected chi connectivity index (χ0v) is 5.70. The summed E-state index contributed by atoms with van der Waals surface area (Å²) in [4.78, 5) is 0. The van der Waals surface area contributed by atoms with Gasteiger partial charge in [0.15, 0.2) is 9.84 Å². The number of rotatable bonds is 1. The third-order valence-corrected chi connectivity index (χ3v) is 1.20. The molecule has 0 saturated carbocycles. The van der Waals surface area contributed by atoms with E-state index in [4.69, 9.17) is 5.73 Å². The van der Waals surface area contributed by atoms with Crippen molar-refractivity contribution in [2.75, 3.05) is 6.26 Å². The highest BCUT2D eigenvalue weighted by molar-refractivity contribution is 7.93. The first kappa shape index (κ1) is 7.49. The molecule has 0 amide bonds. The van der Waals surface area contributed by atoms with E-state index in [1.54, 1.807) is 0 Å². The Hall–Kier alpha value is -0.510. The second-order valence-corrected chi connectivity index (χ2v) is 3.59. The Morgan fingerprint density at radius 1 is 1.62 bits per heavy atom. The third-order valence-electron chi connectivity index (χ3n) is 0.400. The molecule has 0 aliphatic carbocycles. The fourth-order valence-corrected chi connectivity index (χ4v) is 1.01. The molecule has 0 fully saturated rings. The minimum Gasteiger partial charge on any atom is -0.402 e. The fraction of sp³-hybridized carbons (Fsp3) is 0.500. The van der Waals surface area contributed by atoms with Crippen LogP contribution in [0.1, 0.15) is 6.92 Å². The van der Waals surface area contributed by atoms with E-state index in [0.29, 0.717) is 5.70 Å². The van der Waals surface area contributed by atoms with Crippen LogP contribution in [0.2, 0.25) is 0 Å². The maximum Gasteiger partial charge on any atom is 0.170 e. The highest BCUT2D eigenvalue weighted by Crippen LogP contribution is 1.87. The monoisotopic (exact) mass is 135 g/mol. The highest BCUT2D eigenvalue weighted by Gasteiger charge is 1.92. The molecule has 0 rings (SSSR count). The second kappa shape index (κ2) is 2.17. The van der Waals surface area contributed by atoms with Crippen molar-refractivity contribution in [3.05, 3.63) is 11.1 Å². The van der Waals surface area contributed by atoms with E-state index in [2.05, 4.69) is 0 Å². The molecular formula is C4H9NO2S. The molecule has 8 heavy (non-hydrogen) atoms. The summed E-state index contributed by atoms with van der Waals surface area (Å²) in [6.07, 6.45) is 1.10. The highest BCUT2D eigenvalue weighted by atomic mass is 32.2. The topological polar surface area (TPSA) is 60.2 Å². The molecular weight excluding hydrogens is 126 g/mol. The van der Waals surface area contributed by atoms with Gasteiger partial charge in [-0.3, -0.25) is 0 Å². The van der Waals surface area contributed by atoms with Crippen molar-refractivity contribution in [1.29, 1.82) is 0 Å². The molecule has 0 aromatic heterocycles. The maximum absolute atomic E-state index is 10.3. The van der Waals surface area contributed by atoms with Crippen molar-refractivity contribution < 1.29 is 8.42 Å². The summed E-state index contributed by atoms with van der Waals surface area (Å²) >= 11 is 0. The van der Waals surface area contributed by atoms with Crippen molar-refractivity contribution >= 4 is 9.84 Å². The minimum atomic E-state index is -3.01. The van der Waals surface area contributed by atoms with Crippen LogP contribution in [0, 0.1) is 0 Å². The van der Waals surface area contributed by atoms with Crippen LogP contribution >= 0.6 is 0 Å². The van der Waals surface area contributed by atoms with Crippen LogP contribution in [-0.2, 0) is 9.84 Å². The van der Waals surface area contributed by atoms with Crippen LogP contribution in [0.5, 0.6) is 0 Å². The fourth-order valence-electron chi connectivity index (χ4n) is 0.338. The molecule has 0 atom stereocenters. The molecule has 0 spiro atoms. The van der Waals surface area contributed by atoms with E-state index in [9.17, 15) is 8.42 Å². The van der Waals surface area contributed by atoms with Gasteiger partial charge in [0.2, 0.25) is 0 Å². The maximum atomic E-state index is 10.3. The van der Waals surface area contributed by atoms with Crippen molar-refractivity contribution in [1.82, 2.24) is 0 Å². The molecule has 0 saturated heterocycles. The van der Waals surface area contributed by atoms with Crippen LogP contribution in [0.4, 0.5) is 0 Å². The van der Waals surface area contributed by atoms with Gasteiger partial charge >= 0.3 is 0 Å². The standard InChI is InChI=1S/C4H9NO2S/c1-4(5)3-8(2,6)7/h3H,5H2,1-2H3/b4-3+. The van der Waals surface area contributed by atoms with E-state index >= 15 is 0 Å². The molecule has 2 N–H and O–H groups in total. The Morgan fingerprint density at radius 2 is 2.00 bits per heavy atom. The molecule has 0 bridgehead atoms. The first-order chi connectivity index (χ1) is 3.42. The SMILES string of the molecule is C/C(N)=C\S(C)(=O)=O. The summed E-state index contributed by atoms with van der Waals surface area (Å²) in [6, 6.07) is 0. The predicted molar refractivity (Wildman–Crippen MR) is 32.8 cm³/mol. The van der Waals surface area contributed by atoms with Crippen LogP contribution in [0.3, 0.4) is 0 Å². The van der Waals surface area contributed by atoms with Gasteiger partial charge in [0.1, 0.15) is 0 Å². The van der Waals surface area contributed by atoms with Gasteiger partial charge in [-0.15, -0.1) is 0 Å². The van der Waals surface area contributed by atoms with Crippen molar-refractivity contribution in [3.8, 4) is 0 Å². The van der Waals surface area contributed by atoms with Crippen molar-refractivity contribution in [2.45, 2.75) is 6.92 Å². The average Bonchev–Trinajstić information content (AvgIpc) is 1.21. The molecule has 3 nitrogen and oxygen atoms in total. The quantitative estimate of drug-likeness (QED) is 0.544. The van der Waals surface area contributed by atoms with Crippen LogP contribution in [-0.4, -0.2) is 14.7 Å². The number of nitrogens with two attached hydrogens (primary N) is 1. The molecule has 0 aliphatic rings. The van der Waals surface area contributed by atoms with Crippen LogP contribution < -0.4 is 5.73 Å². The summed E-state index contributed by atoms with van der Waals surface area (Å²) in [6.45, 7) is 1.53. The molecule has 0 unspecified atom stereocenters. The van der Waals surface area contributed by atoms with E-state index in [1.807, 2.05) is 0 Å². The van der Waals surface area contributed by atoms with E-state index in [1.165, 1.54) is 6.92 Å². The zero-order chi connectivity index (χ0) is 6.78. The van der Waals surface area contributed by atoms with Gasteiger partial charge in [0, 0.05) is 17.4 Å². The largest absolute Gasteiger partial charge is 0.402 e. The van der Waals surface area contributed by atoms with Gasteiger partial charge in [0.05, 0.1) is 0 Å².